The number of rotatable bonds is 4. The van der Waals surface area contributed by atoms with Crippen LogP contribution in [0, 0.1) is 0 Å². The molecule has 0 aliphatic carbocycles. The van der Waals surface area contributed by atoms with E-state index in [1.165, 1.54) is 18.4 Å². The zero-order chi connectivity index (χ0) is 10.5. The fourth-order valence-corrected chi connectivity index (χ4v) is 2.21. The molecule has 1 aromatic carbocycles. The molecule has 0 spiro atoms. The monoisotopic (exact) mass is 205 g/mol. The van der Waals surface area contributed by atoms with Gasteiger partial charge in [-0.05, 0) is 37.9 Å². The summed E-state index contributed by atoms with van der Waals surface area (Å²) in [5.41, 5.74) is 1.23. The lowest BCUT2D eigenvalue weighted by molar-refractivity contribution is 0.125. The Hall–Kier alpha value is -0.860. The highest BCUT2D eigenvalue weighted by molar-refractivity contribution is 5.15. The molecule has 0 bridgehead atoms. The smallest absolute Gasteiger partial charge is 0.0707 e. The summed E-state index contributed by atoms with van der Waals surface area (Å²) < 4.78 is 0. The fourth-order valence-electron chi connectivity index (χ4n) is 2.21. The van der Waals surface area contributed by atoms with Crippen LogP contribution in [0.25, 0.3) is 0 Å². The van der Waals surface area contributed by atoms with Gasteiger partial charge in [-0.2, -0.15) is 0 Å². The van der Waals surface area contributed by atoms with E-state index in [9.17, 15) is 5.11 Å². The second kappa shape index (κ2) is 5.29. The molecule has 82 valence electrons. The predicted octanol–water partition coefficient (Wildman–Crippen LogP) is 1.69. The minimum Gasteiger partial charge on any atom is -0.391 e. The van der Waals surface area contributed by atoms with Crippen LogP contribution < -0.4 is 0 Å². The van der Waals surface area contributed by atoms with E-state index in [1.807, 2.05) is 18.2 Å². The second-order valence-corrected chi connectivity index (χ2v) is 4.35. The van der Waals surface area contributed by atoms with Crippen molar-refractivity contribution < 1.29 is 5.11 Å². The summed E-state index contributed by atoms with van der Waals surface area (Å²) in [6.45, 7) is 3.15. The van der Waals surface area contributed by atoms with Gasteiger partial charge in [0, 0.05) is 6.54 Å². The molecule has 0 radical (unpaired) electrons. The van der Waals surface area contributed by atoms with Gasteiger partial charge >= 0.3 is 0 Å². The van der Waals surface area contributed by atoms with Crippen molar-refractivity contribution >= 4 is 0 Å². The Morgan fingerprint density at radius 1 is 1.13 bits per heavy atom. The third-order valence-corrected chi connectivity index (χ3v) is 2.98. The van der Waals surface area contributed by atoms with E-state index in [-0.39, 0.29) is 6.10 Å². The SMILES string of the molecule is O[C@@H](Cc1ccccc1)CN1CCCC1. The summed E-state index contributed by atoms with van der Waals surface area (Å²) >= 11 is 0. The molecule has 1 atom stereocenters. The van der Waals surface area contributed by atoms with E-state index >= 15 is 0 Å². The molecule has 15 heavy (non-hydrogen) atoms. The van der Waals surface area contributed by atoms with Crippen LogP contribution >= 0.6 is 0 Å². The zero-order valence-corrected chi connectivity index (χ0v) is 9.10. The molecule has 1 aliphatic heterocycles. The lowest BCUT2D eigenvalue weighted by Crippen LogP contribution is -2.31. The van der Waals surface area contributed by atoms with Crippen molar-refractivity contribution in [3.63, 3.8) is 0 Å². The Balaban J connectivity index is 1.79. The highest BCUT2D eigenvalue weighted by atomic mass is 16.3. The van der Waals surface area contributed by atoms with Gasteiger partial charge in [0.25, 0.3) is 0 Å². The third-order valence-electron chi connectivity index (χ3n) is 2.98. The van der Waals surface area contributed by atoms with Crippen molar-refractivity contribution in [2.24, 2.45) is 0 Å². The predicted molar refractivity (Wildman–Crippen MR) is 61.8 cm³/mol. The van der Waals surface area contributed by atoms with Crippen LogP contribution in [0.4, 0.5) is 0 Å². The van der Waals surface area contributed by atoms with Crippen LogP contribution in [0.15, 0.2) is 30.3 Å². The van der Waals surface area contributed by atoms with Crippen LogP contribution in [0.1, 0.15) is 18.4 Å². The number of benzene rings is 1. The van der Waals surface area contributed by atoms with Gasteiger partial charge in [-0.15, -0.1) is 0 Å². The summed E-state index contributed by atoms with van der Waals surface area (Å²) in [5.74, 6) is 0. The van der Waals surface area contributed by atoms with Crippen LogP contribution in [0.3, 0.4) is 0 Å². The number of β-amino-alcohol motifs (C(OH)–C–C–N with tert-alkyl or cyclic N) is 1. The first-order valence-electron chi connectivity index (χ1n) is 5.79. The number of likely N-dealkylation sites (tertiary alicyclic amines) is 1. The number of hydrogen-bond donors (Lipinski definition) is 1. The van der Waals surface area contributed by atoms with E-state index in [4.69, 9.17) is 0 Å². The van der Waals surface area contributed by atoms with Gasteiger partial charge in [0.2, 0.25) is 0 Å². The summed E-state index contributed by atoms with van der Waals surface area (Å²) in [6, 6.07) is 10.2. The molecule has 1 heterocycles. The molecule has 2 nitrogen and oxygen atoms in total. The van der Waals surface area contributed by atoms with Crippen molar-refractivity contribution in [1.29, 1.82) is 0 Å². The molecule has 1 aromatic rings. The minimum absolute atomic E-state index is 0.217. The van der Waals surface area contributed by atoms with Gasteiger partial charge in [-0.1, -0.05) is 30.3 Å². The van der Waals surface area contributed by atoms with E-state index in [0.29, 0.717) is 0 Å². The number of hydrogen-bond acceptors (Lipinski definition) is 2. The van der Waals surface area contributed by atoms with E-state index in [2.05, 4.69) is 17.0 Å². The van der Waals surface area contributed by atoms with Crippen LogP contribution in [0.5, 0.6) is 0 Å². The summed E-state index contributed by atoms with van der Waals surface area (Å²) in [4.78, 5) is 2.35. The van der Waals surface area contributed by atoms with Crippen molar-refractivity contribution in [1.82, 2.24) is 4.90 Å². The van der Waals surface area contributed by atoms with Gasteiger partial charge in [0.1, 0.15) is 0 Å². The lowest BCUT2D eigenvalue weighted by Gasteiger charge is -2.19. The molecule has 0 aromatic heterocycles. The molecule has 1 N–H and O–H groups in total. The Bertz CT molecular complexity index is 280. The zero-order valence-electron chi connectivity index (χ0n) is 9.10. The van der Waals surface area contributed by atoms with Crippen molar-refractivity contribution in [2.75, 3.05) is 19.6 Å². The Kier molecular flexibility index (Phi) is 3.75. The van der Waals surface area contributed by atoms with Gasteiger partial charge in [0.15, 0.2) is 0 Å². The molecule has 1 fully saturated rings. The average molecular weight is 205 g/mol. The van der Waals surface area contributed by atoms with Crippen molar-refractivity contribution in [3.05, 3.63) is 35.9 Å². The van der Waals surface area contributed by atoms with Crippen LogP contribution in [-0.2, 0) is 6.42 Å². The molecule has 0 unspecified atom stereocenters. The summed E-state index contributed by atoms with van der Waals surface area (Å²) in [5, 5.41) is 9.92. The molecule has 1 aliphatic rings. The van der Waals surface area contributed by atoms with Gasteiger partial charge in [0.05, 0.1) is 6.10 Å². The van der Waals surface area contributed by atoms with Crippen LogP contribution in [-0.4, -0.2) is 35.7 Å². The number of nitrogens with zero attached hydrogens (tertiary/aromatic N) is 1. The molecule has 2 heteroatoms. The molecule has 1 saturated heterocycles. The van der Waals surface area contributed by atoms with E-state index in [0.717, 1.165) is 26.1 Å². The van der Waals surface area contributed by atoms with Crippen molar-refractivity contribution in [3.8, 4) is 0 Å². The normalized spacial score (nSPS) is 19.3. The largest absolute Gasteiger partial charge is 0.391 e. The van der Waals surface area contributed by atoms with Gasteiger partial charge in [-0.25, -0.2) is 0 Å². The number of aliphatic hydroxyl groups excluding tert-OH is 1. The van der Waals surface area contributed by atoms with E-state index in [1.54, 1.807) is 0 Å². The lowest BCUT2D eigenvalue weighted by atomic mass is 10.1. The molecular formula is C13H19NO. The standard InChI is InChI=1S/C13H19NO/c15-13(11-14-8-4-5-9-14)10-12-6-2-1-3-7-12/h1-3,6-7,13,15H,4-5,8-11H2/t13-/m0/s1. The first kappa shape index (κ1) is 10.7. The van der Waals surface area contributed by atoms with E-state index < -0.39 is 0 Å². The second-order valence-electron chi connectivity index (χ2n) is 4.35. The minimum atomic E-state index is -0.217. The first-order valence-corrected chi connectivity index (χ1v) is 5.79. The number of aliphatic hydroxyl groups is 1. The van der Waals surface area contributed by atoms with Gasteiger partial charge < -0.3 is 10.0 Å². The maximum atomic E-state index is 9.92. The molecule has 0 saturated carbocycles. The fraction of sp³-hybridized carbons (Fsp3) is 0.538. The van der Waals surface area contributed by atoms with Gasteiger partial charge in [-0.3, -0.25) is 0 Å². The first-order chi connectivity index (χ1) is 7.34. The average Bonchev–Trinajstić information content (AvgIpc) is 2.71. The third kappa shape index (κ3) is 3.33. The highest BCUT2D eigenvalue weighted by Crippen LogP contribution is 2.10. The molecule has 0 amide bonds. The molecular weight excluding hydrogens is 186 g/mol. The summed E-state index contributed by atoms with van der Waals surface area (Å²) in [6.07, 6.45) is 3.14. The molecule has 2 rings (SSSR count). The Labute approximate surface area is 91.5 Å². The van der Waals surface area contributed by atoms with Crippen LogP contribution in [0.2, 0.25) is 0 Å². The Morgan fingerprint density at radius 3 is 2.47 bits per heavy atom. The summed E-state index contributed by atoms with van der Waals surface area (Å²) in [7, 11) is 0. The van der Waals surface area contributed by atoms with Crippen molar-refractivity contribution in [2.45, 2.75) is 25.4 Å². The maximum Gasteiger partial charge on any atom is 0.0707 e. The topological polar surface area (TPSA) is 23.5 Å². The Morgan fingerprint density at radius 2 is 1.80 bits per heavy atom. The maximum absolute atomic E-state index is 9.92. The highest BCUT2D eigenvalue weighted by Gasteiger charge is 2.15. The quantitative estimate of drug-likeness (QED) is 0.808.